The molecule has 134 valence electrons. The largest absolute Gasteiger partial charge is 0.478 e. The number of carbonyl (C=O) groups excluding carboxylic acids is 1. The van der Waals surface area contributed by atoms with E-state index in [9.17, 15) is 13.2 Å². The monoisotopic (exact) mass is 381 g/mol. The maximum absolute atomic E-state index is 12.5. The van der Waals surface area contributed by atoms with Crippen molar-refractivity contribution in [1.29, 1.82) is 0 Å². The maximum Gasteiger partial charge on any atom is 0.267 e. The molecular formula is C18H20ClNO4S. The summed E-state index contributed by atoms with van der Waals surface area (Å²) in [6, 6.07) is 13.5. The van der Waals surface area contributed by atoms with Crippen LogP contribution < -0.4 is 10.1 Å². The minimum atomic E-state index is -3.14. The Morgan fingerprint density at radius 2 is 1.80 bits per heavy atom. The SMILES string of the molecule is CC(C)(Oc1ccc(Cl)cc1)C(=O)Nc1cccc(CS(C)(=O)=O)c1. The minimum Gasteiger partial charge on any atom is -0.478 e. The van der Waals surface area contributed by atoms with Crippen molar-refractivity contribution >= 4 is 33.0 Å². The fourth-order valence-electron chi connectivity index (χ4n) is 2.17. The molecule has 0 aliphatic heterocycles. The summed E-state index contributed by atoms with van der Waals surface area (Å²) in [5.41, 5.74) is -0.00336. The van der Waals surface area contributed by atoms with Gasteiger partial charge in [0.15, 0.2) is 15.4 Å². The molecule has 0 radical (unpaired) electrons. The molecule has 0 saturated carbocycles. The van der Waals surface area contributed by atoms with Gasteiger partial charge >= 0.3 is 0 Å². The molecule has 0 aliphatic carbocycles. The second-order valence-corrected chi connectivity index (χ2v) is 8.87. The molecule has 1 N–H and O–H groups in total. The Hall–Kier alpha value is -2.05. The normalized spacial score (nSPS) is 11.8. The van der Waals surface area contributed by atoms with Crippen molar-refractivity contribution in [3.8, 4) is 5.75 Å². The van der Waals surface area contributed by atoms with Crippen LogP contribution in [0.15, 0.2) is 48.5 Å². The third-order valence-corrected chi connectivity index (χ3v) is 4.46. The van der Waals surface area contributed by atoms with E-state index >= 15 is 0 Å². The molecule has 2 rings (SSSR count). The molecule has 0 unspecified atom stereocenters. The number of hydrogen-bond acceptors (Lipinski definition) is 4. The highest BCUT2D eigenvalue weighted by molar-refractivity contribution is 7.89. The molecule has 0 fully saturated rings. The topological polar surface area (TPSA) is 72.5 Å². The molecule has 0 saturated heterocycles. The Morgan fingerprint density at radius 3 is 2.40 bits per heavy atom. The zero-order valence-corrected chi connectivity index (χ0v) is 15.8. The van der Waals surface area contributed by atoms with E-state index in [0.29, 0.717) is 22.0 Å². The molecule has 0 heterocycles. The molecule has 0 aliphatic rings. The number of sulfone groups is 1. The molecular weight excluding hydrogens is 362 g/mol. The first-order valence-corrected chi connectivity index (χ1v) is 10.0. The second-order valence-electron chi connectivity index (χ2n) is 6.29. The van der Waals surface area contributed by atoms with Crippen molar-refractivity contribution in [2.24, 2.45) is 0 Å². The zero-order chi connectivity index (χ0) is 18.7. The van der Waals surface area contributed by atoms with Crippen LogP contribution in [0.1, 0.15) is 19.4 Å². The van der Waals surface area contributed by atoms with E-state index in [1.54, 1.807) is 62.4 Å². The lowest BCUT2D eigenvalue weighted by Gasteiger charge is -2.25. The van der Waals surface area contributed by atoms with E-state index in [2.05, 4.69) is 5.32 Å². The van der Waals surface area contributed by atoms with Gasteiger partial charge in [0, 0.05) is 17.0 Å². The van der Waals surface area contributed by atoms with Crippen molar-refractivity contribution in [3.05, 3.63) is 59.1 Å². The number of amides is 1. The first-order chi connectivity index (χ1) is 11.5. The van der Waals surface area contributed by atoms with Crippen LogP contribution in [0, 0.1) is 0 Å². The smallest absolute Gasteiger partial charge is 0.267 e. The average molecular weight is 382 g/mol. The van der Waals surface area contributed by atoms with E-state index in [-0.39, 0.29) is 11.7 Å². The van der Waals surface area contributed by atoms with E-state index in [1.165, 1.54) is 6.26 Å². The number of halogens is 1. The van der Waals surface area contributed by atoms with E-state index in [4.69, 9.17) is 16.3 Å². The Bertz CT molecular complexity index is 861. The van der Waals surface area contributed by atoms with Gasteiger partial charge in [-0.25, -0.2) is 8.42 Å². The highest BCUT2D eigenvalue weighted by Gasteiger charge is 2.30. The van der Waals surface area contributed by atoms with Gasteiger partial charge in [-0.2, -0.15) is 0 Å². The fraction of sp³-hybridized carbons (Fsp3) is 0.278. The van der Waals surface area contributed by atoms with Crippen LogP contribution in [0.3, 0.4) is 0 Å². The maximum atomic E-state index is 12.5. The summed E-state index contributed by atoms with van der Waals surface area (Å²) in [4.78, 5) is 12.5. The minimum absolute atomic E-state index is 0.0820. The van der Waals surface area contributed by atoms with Crippen molar-refractivity contribution < 1.29 is 17.9 Å². The quantitative estimate of drug-likeness (QED) is 0.828. The van der Waals surface area contributed by atoms with Gasteiger partial charge in [-0.1, -0.05) is 23.7 Å². The van der Waals surface area contributed by atoms with Crippen LogP contribution in [0.2, 0.25) is 5.02 Å². The van der Waals surface area contributed by atoms with Crippen LogP contribution in [-0.2, 0) is 20.4 Å². The molecule has 0 aromatic heterocycles. The van der Waals surface area contributed by atoms with Gasteiger partial charge in [-0.15, -0.1) is 0 Å². The third kappa shape index (κ3) is 6.07. The van der Waals surface area contributed by atoms with Gasteiger partial charge < -0.3 is 10.1 Å². The predicted molar refractivity (Wildman–Crippen MR) is 99.8 cm³/mol. The molecule has 1 amide bonds. The summed E-state index contributed by atoms with van der Waals surface area (Å²) in [5.74, 6) is 0.0933. The van der Waals surface area contributed by atoms with Crippen molar-refractivity contribution in [3.63, 3.8) is 0 Å². The summed E-state index contributed by atoms with van der Waals surface area (Å²) in [6.45, 7) is 3.30. The second kappa shape index (κ2) is 7.45. The van der Waals surface area contributed by atoms with Crippen LogP contribution in [-0.4, -0.2) is 26.2 Å². The first kappa shape index (κ1) is 19.3. The van der Waals surface area contributed by atoms with Crippen LogP contribution in [0.4, 0.5) is 5.69 Å². The van der Waals surface area contributed by atoms with Crippen LogP contribution in [0.25, 0.3) is 0 Å². The molecule has 2 aromatic carbocycles. The molecule has 5 nitrogen and oxygen atoms in total. The highest BCUT2D eigenvalue weighted by Crippen LogP contribution is 2.22. The summed E-state index contributed by atoms with van der Waals surface area (Å²) in [6.07, 6.45) is 1.17. The van der Waals surface area contributed by atoms with Crippen molar-refractivity contribution in [2.45, 2.75) is 25.2 Å². The standard InChI is InChI=1S/C18H20ClNO4S/c1-18(2,24-16-9-7-14(19)8-10-16)17(21)20-15-6-4-5-13(11-15)12-25(3,22)23/h4-11H,12H2,1-3H3,(H,20,21). The lowest BCUT2D eigenvalue weighted by Crippen LogP contribution is -2.42. The van der Waals surface area contributed by atoms with E-state index in [0.717, 1.165) is 0 Å². The number of ether oxygens (including phenoxy) is 1. The van der Waals surface area contributed by atoms with Gasteiger partial charge in [-0.3, -0.25) is 4.79 Å². The Labute approximate surface area is 152 Å². The Balaban J connectivity index is 2.09. The molecule has 0 spiro atoms. The lowest BCUT2D eigenvalue weighted by molar-refractivity contribution is -0.128. The van der Waals surface area contributed by atoms with Crippen molar-refractivity contribution in [1.82, 2.24) is 0 Å². The molecule has 25 heavy (non-hydrogen) atoms. The fourth-order valence-corrected chi connectivity index (χ4v) is 3.08. The van der Waals surface area contributed by atoms with Crippen LogP contribution >= 0.6 is 11.6 Å². The molecule has 0 bridgehead atoms. The number of rotatable bonds is 6. The molecule has 0 atom stereocenters. The van der Waals surface area contributed by atoms with Gasteiger partial charge in [0.05, 0.1) is 5.75 Å². The summed E-state index contributed by atoms with van der Waals surface area (Å²) >= 11 is 5.84. The highest BCUT2D eigenvalue weighted by atomic mass is 35.5. The van der Waals surface area contributed by atoms with Gasteiger partial charge in [-0.05, 0) is 55.8 Å². The predicted octanol–water partition coefficient (Wildman–Crippen LogP) is 3.68. The lowest BCUT2D eigenvalue weighted by atomic mass is 10.1. The number of carbonyl (C=O) groups is 1. The molecule has 7 heteroatoms. The van der Waals surface area contributed by atoms with Gasteiger partial charge in [0.25, 0.3) is 5.91 Å². The Kier molecular flexibility index (Phi) is 5.75. The number of anilines is 1. The average Bonchev–Trinajstić information content (AvgIpc) is 2.48. The zero-order valence-electron chi connectivity index (χ0n) is 14.2. The number of nitrogens with one attached hydrogen (secondary N) is 1. The summed E-state index contributed by atoms with van der Waals surface area (Å²) < 4.78 is 28.5. The van der Waals surface area contributed by atoms with Crippen molar-refractivity contribution in [2.75, 3.05) is 11.6 Å². The van der Waals surface area contributed by atoms with E-state index in [1.807, 2.05) is 0 Å². The Morgan fingerprint density at radius 1 is 1.16 bits per heavy atom. The summed E-state index contributed by atoms with van der Waals surface area (Å²) in [7, 11) is -3.14. The molecule has 2 aromatic rings. The number of benzene rings is 2. The number of hydrogen-bond donors (Lipinski definition) is 1. The first-order valence-electron chi connectivity index (χ1n) is 7.58. The third-order valence-electron chi connectivity index (χ3n) is 3.35. The van der Waals surface area contributed by atoms with Gasteiger partial charge in [0.2, 0.25) is 0 Å². The van der Waals surface area contributed by atoms with E-state index < -0.39 is 15.4 Å². The van der Waals surface area contributed by atoms with Crippen LogP contribution in [0.5, 0.6) is 5.75 Å². The van der Waals surface area contributed by atoms with Gasteiger partial charge in [0.1, 0.15) is 5.75 Å². The summed E-state index contributed by atoms with van der Waals surface area (Å²) in [5, 5.41) is 3.34.